The number of ether oxygens (including phenoxy) is 2. The number of carbonyl (C=O) groups is 1. The third-order valence-electron chi connectivity index (χ3n) is 4.55. The summed E-state index contributed by atoms with van der Waals surface area (Å²) in [6, 6.07) is 3.83. The predicted molar refractivity (Wildman–Crippen MR) is 93.6 cm³/mol. The minimum Gasteiger partial charge on any atom is -0.466 e. The normalized spacial score (nSPS) is 22.5. The lowest BCUT2D eigenvalue weighted by molar-refractivity contribution is -0.160. The molecule has 5 nitrogen and oxygen atoms in total. The molecule has 1 aromatic rings. The Morgan fingerprint density at radius 2 is 2.33 bits per heavy atom. The summed E-state index contributed by atoms with van der Waals surface area (Å²) in [6.45, 7) is 7.50. The summed E-state index contributed by atoms with van der Waals surface area (Å²) in [4.78, 5) is 14.9. The minimum atomic E-state index is -0.449. The number of carbonyl (C=O) groups excluding carboxylic acids is 1. The number of esters is 1. The van der Waals surface area contributed by atoms with E-state index in [1.54, 1.807) is 13.4 Å². The van der Waals surface area contributed by atoms with Crippen LogP contribution in [0.4, 0.5) is 0 Å². The van der Waals surface area contributed by atoms with Gasteiger partial charge in [-0.1, -0.05) is 5.57 Å². The molecule has 1 aliphatic rings. The van der Waals surface area contributed by atoms with Gasteiger partial charge in [-0.15, -0.1) is 0 Å². The van der Waals surface area contributed by atoms with Crippen molar-refractivity contribution in [2.75, 3.05) is 40.0 Å². The van der Waals surface area contributed by atoms with Crippen molar-refractivity contribution in [3.05, 3.63) is 29.7 Å². The minimum absolute atomic E-state index is 0.0839. The van der Waals surface area contributed by atoms with E-state index in [9.17, 15) is 4.79 Å². The Morgan fingerprint density at radius 1 is 1.50 bits per heavy atom. The second-order valence-electron chi connectivity index (χ2n) is 6.56. The standard InChI is InChI=1S/C19H29NO4/c1-4-23-18(21)19(9-12-22-3)8-6-10-20(15-19)14-16(2)13-17-7-5-11-24-17/h5,7,11,13H,4,6,8-10,12,14-15H2,1-3H3/b16-13+/t19-/m1/s1. The number of likely N-dealkylation sites (tertiary alicyclic amines) is 1. The molecule has 0 spiro atoms. The van der Waals surface area contributed by atoms with E-state index >= 15 is 0 Å². The third kappa shape index (κ3) is 4.95. The predicted octanol–water partition coefficient (Wildman–Crippen LogP) is 3.36. The number of furan rings is 1. The van der Waals surface area contributed by atoms with Crippen molar-refractivity contribution in [1.82, 2.24) is 4.90 Å². The molecule has 0 unspecified atom stereocenters. The molecule has 0 bridgehead atoms. The van der Waals surface area contributed by atoms with Crippen LogP contribution in [0.1, 0.15) is 38.9 Å². The first kappa shape index (κ1) is 18.7. The van der Waals surface area contributed by atoms with Crippen LogP contribution in [0.25, 0.3) is 6.08 Å². The fourth-order valence-corrected chi connectivity index (χ4v) is 3.43. The molecule has 1 saturated heterocycles. The van der Waals surface area contributed by atoms with Gasteiger partial charge in [0.2, 0.25) is 0 Å². The lowest BCUT2D eigenvalue weighted by Gasteiger charge is -2.41. The quantitative estimate of drug-likeness (QED) is 0.682. The van der Waals surface area contributed by atoms with E-state index in [-0.39, 0.29) is 5.97 Å². The van der Waals surface area contributed by atoms with Crippen molar-refractivity contribution in [3.8, 4) is 0 Å². The van der Waals surface area contributed by atoms with E-state index in [1.807, 2.05) is 19.1 Å². The Labute approximate surface area is 144 Å². The van der Waals surface area contributed by atoms with Crippen molar-refractivity contribution < 1.29 is 18.7 Å². The molecule has 1 aliphatic heterocycles. The van der Waals surface area contributed by atoms with Crippen molar-refractivity contribution in [2.24, 2.45) is 5.41 Å². The maximum Gasteiger partial charge on any atom is 0.313 e. The zero-order chi connectivity index (χ0) is 17.4. The molecule has 2 rings (SSSR count). The molecule has 134 valence electrons. The Hall–Kier alpha value is -1.59. The zero-order valence-corrected chi connectivity index (χ0v) is 15.0. The van der Waals surface area contributed by atoms with E-state index in [2.05, 4.69) is 17.9 Å². The second-order valence-corrected chi connectivity index (χ2v) is 6.56. The number of rotatable bonds is 8. The van der Waals surface area contributed by atoms with Gasteiger partial charge in [-0.3, -0.25) is 9.69 Å². The smallest absolute Gasteiger partial charge is 0.313 e. The van der Waals surface area contributed by atoms with Gasteiger partial charge < -0.3 is 13.9 Å². The molecule has 0 radical (unpaired) electrons. The molecule has 0 aliphatic carbocycles. The highest BCUT2D eigenvalue weighted by molar-refractivity contribution is 5.77. The van der Waals surface area contributed by atoms with Crippen LogP contribution < -0.4 is 0 Å². The molecular weight excluding hydrogens is 306 g/mol. The Balaban J connectivity index is 2.05. The molecule has 0 amide bonds. The highest BCUT2D eigenvalue weighted by Crippen LogP contribution is 2.35. The highest BCUT2D eigenvalue weighted by atomic mass is 16.5. The van der Waals surface area contributed by atoms with Crippen LogP contribution >= 0.6 is 0 Å². The molecular formula is C19H29NO4. The average molecular weight is 335 g/mol. The molecule has 5 heteroatoms. The van der Waals surface area contributed by atoms with Gasteiger partial charge in [0.25, 0.3) is 0 Å². The summed E-state index contributed by atoms with van der Waals surface area (Å²) >= 11 is 0. The zero-order valence-electron chi connectivity index (χ0n) is 15.0. The van der Waals surface area contributed by atoms with Crippen LogP contribution in [-0.4, -0.2) is 50.8 Å². The first-order chi connectivity index (χ1) is 11.6. The van der Waals surface area contributed by atoms with E-state index in [4.69, 9.17) is 13.9 Å². The molecule has 2 heterocycles. The van der Waals surface area contributed by atoms with Gasteiger partial charge in [0.05, 0.1) is 18.3 Å². The van der Waals surface area contributed by atoms with Crippen molar-refractivity contribution in [3.63, 3.8) is 0 Å². The summed E-state index contributed by atoms with van der Waals surface area (Å²) in [5.41, 5.74) is 0.770. The van der Waals surface area contributed by atoms with Gasteiger partial charge in [-0.05, 0) is 57.9 Å². The van der Waals surface area contributed by atoms with E-state index < -0.39 is 5.41 Å². The summed E-state index contributed by atoms with van der Waals surface area (Å²) in [7, 11) is 1.68. The van der Waals surface area contributed by atoms with Crippen LogP contribution in [-0.2, 0) is 14.3 Å². The Morgan fingerprint density at radius 3 is 3.00 bits per heavy atom. The van der Waals surface area contributed by atoms with Crippen LogP contribution in [0.5, 0.6) is 0 Å². The van der Waals surface area contributed by atoms with Gasteiger partial charge in [-0.25, -0.2) is 0 Å². The number of hydrogen-bond acceptors (Lipinski definition) is 5. The third-order valence-corrected chi connectivity index (χ3v) is 4.55. The molecule has 0 N–H and O–H groups in total. The number of methoxy groups -OCH3 is 1. The van der Waals surface area contributed by atoms with Crippen molar-refractivity contribution in [1.29, 1.82) is 0 Å². The van der Waals surface area contributed by atoms with Gasteiger partial charge in [0, 0.05) is 26.8 Å². The number of nitrogens with zero attached hydrogens (tertiary/aromatic N) is 1. The topological polar surface area (TPSA) is 51.9 Å². The summed E-state index contributed by atoms with van der Waals surface area (Å²) in [5.74, 6) is 0.778. The number of hydrogen-bond donors (Lipinski definition) is 0. The molecule has 0 aromatic carbocycles. The fourth-order valence-electron chi connectivity index (χ4n) is 3.43. The largest absolute Gasteiger partial charge is 0.466 e. The first-order valence-corrected chi connectivity index (χ1v) is 8.69. The van der Waals surface area contributed by atoms with Gasteiger partial charge >= 0.3 is 5.97 Å². The van der Waals surface area contributed by atoms with E-state index in [1.165, 1.54) is 5.57 Å². The maximum absolute atomic E-state index is 12.6. The van der Waals surface area contributed by atoms with Crippen LogP contribution in [0, 0.1) is 5.41 Å². The average Bonchev–Trinajstić information content (AvgIpc) is 3.06. The van der Waals surface area contributed by atoms with Gasteiger partial charge in [0.15, 0.2) is 0 Å². The lowest BCUT2D eigenvalue weighted by atomic mass is 9.77. The van der Waals surface area contributed by atoms with Crippen molar-refractivity contribution >= 4 is 12.0 Å². The fraction of sp³-hybridized carbons (Fsp3) is 0.632. The maximum atomic E-state index is 12.6. The van der Waals surface area contributed by atoms with Crippen LogP contribution in [0.2, 0.25) is 0 Å². The van der Waals surface area contributed by atoms with Gasteiger partial charge in [-0.2, -0.15) is 0 Å². The molecule has 24 heavy (non-hydrogen) atoms. The molecule has 1 aromatic heterocycles. The first-order valence-electron chi connectivity index (χ1n) is 8.69. The SMILES string of the molecule is CCOC(=O)[C@@]1(CCOC)CCCN(C/C(C)=C/c2ccco2)C1. The van der Waals surface area contributed by atoms with Crippen molar-refractivity contribution in [2.45, 2.75) is 33.1 Å². The number of piperidine rings is 1. The van der Waals surface area contributed by atoms with E-state index in [0.717, 1.165) is 38.2 Å². The molecule has 1 atom stereocenters. The Bertz CT molecular complexity index is 538. The highest BCUT2D eigenvalue weighted by Gasteiger charge is 2.43. The summed E-state index contributed by atoms with van der Waals surface area (Å²) < 4.78 is 16.0. The molecule has 0 saturated carbocycles. The van der Waals surface area contributed by atoms with E-state index in [0.29, 0.717) is 19.6 Å². The van der Waals surface area contributed by atoms with Crippen LogP contribution in [0.15, 0.2) is 28.4 Å². The van der Waals surface area contributed by atoms with Gasteiger partial charge in [0.1, 0.15) is 5.76 Å². The summed E-state index contributed by atoms with van der Waals surface area (Å²) in [5, 5.41) is 0. The Kier molecular flexibility index (Phi) is 7.06. The van der Waals surface area contributed by atoms with Crippen LogP contribution in [0.3, 0.4) is 0 Å². The monoisotopic (exact) mass is 335 g/mol. The molecule has 1 fully saturated rings. The lowest BCUT2D eigenvalue weighted by Crippen LogP contribution is -2.49. The summed E-state index contributed by atoms with van der Waals surface area (Å²) in [6.07, 6.45) is 6.30. The second kappa shape index (κ2) is 9.04.